The molecule has 3 heterocycles. The summed E-state index contributed by atoms with van der Waals surface area (Å²) >= 11 is 0. The maximum Gasteiger partial charge on any atom is 0.303 e. The van der Waals surface area contributed by atoms with Gasteiger partial charge in [0.05, 0.1) is 18.8 Å². The third kappa shape index (κ3) is 7.93. The summed E-state index contributed by atoms with van der Waals surface area (Å²) in [5.41, 5.74) is 3.30. The smallest absolute Gasteiger partial charge is 0.303 e. The van der Waals surface area contributed by atoms with Gasteiger partial charge in [0.2, 0.25) is 0 Å². The molecule has 1 amide bonds. The van der Waals surface area contributed by atoms with Crippen molar-refractivity contribution in [1.82, 2.24) is 9.80 Å². The van der Waals surface area contributed by atoms with Gasteiger partial charge in [-0.15, -0.1) is 0 Å². The largest absolute Gasteiger partial charge is 0.453 e. The second-order valence-corrected chi connectivity index (χ2v) is 11.5. The van der Waals surface area contributed by atoms with E-state index in [9.17, 15) is 14.7 Å². The molecule has 5 atom stereocenters. The lowest BCUT2D eigenvalue weighted by atomic mass is 9.99. The number of nitrogens with zero attached hydrogens (tertiary/aromatic N) is 2. The van der Waals surface area contributed by atoms with Crippen molar-refractivity contribution in [2.24, 2.45) is 0 Å². The molecule has 0 aromatic heterocycles. The first-order valence-corrected chi connectivity index (χ1v) is 14.9. The summed E-state index contributed by atoms with van der Waals surface area (Å²) < 4.78 is 18.2. The first kappa shape index (κ1) is 29.7. The van der Waals surface area contributed by atoms with Crippen LogP contribution in [0.1, 0.15) is 75.0 Å². The van der Waals surface area contributed by atoms with Gasteiger partial charge in [-0.25, -0.2) is 0 Å². The average molecular weight is 566 g/mol. The van der Waals surface area contributed by atoms with Gasteiger partial charge >= 0.3 is 5.97 Å². The Kier molecular flexibility index (Phi) is 10.1. The molecule has 222 valence electrons. The van der Waals surface area contributed by atoms with Crippen molar-refractivity contribution >= 4 is 17.6 Å². The Morgan fingerprint density at radius 2 is 1.80 bits per heavy atom. The number of nitrogens with one attached hydrogen (secondary N) is 1. The van der Waals surface area contributed by atoms with Crippen molar-refractivity contribution in [1.29, 1.82) is 0 Å². The second kappa shape index (κ2) is 13.9. The monoisotopic (exact) mass is 565 g/mol. The Bertz CT molecular complexity index is 1170. The Hall–Kier alpha value is -2.82. The van der Waals surface area contributed by atoms with Gasteiger partial charge in [-0.05, 0) is 75.5 Å². The summed E-state index contributed by atoms with van der Waals surface area (Å²) in [7, 11) is 0. The van der Waals surface area contributed by atoms with Crippen LogP contribution in [0, 0.1) is 0 Å². The zero-order chi connectivity index (χ0) is 28.8. The van der Waals surface area contributed by atoms with Crippen LogP contribution in [0.5, 0.6) is 0 Å². The summed E-state index contributed by atoms with van der Waals surface area (Å²) in [6, 6.07) is 15.9. The van der Waals surface area contributed by atoms with E-state index in [-0.39, 0.29) is 18.8 Å². The van der Waals surface area contributed by atoms with Gasteiger partial charge in [0, 0.05) is 43.7 Å². The lowest BCUT2D eigenvalue weighted by Crippen LogP contribution is -2.45. The molecule has 5 rings (SSSR count). The number of aliphatic hydroxyl groups excluding tert-OH is 1. The van der Waals surface area contributed by atoms with E-state index in [1.807, 2.05) is 42.5 Å². The quantitative estimate of drug-likeness (QED) is 0.414. The summed E-state index contributed by atoms with van der Waals surface area (Å²) in [6.45, 7) is 8.30. The SMILES string of the molecule is CC(=O)OC(C)C(=O)Nc1cccc(C2OC(CN3CCCC3CN3CCCC3)CC(c3ccc(CO)cc3)O2)c1. The molecule has 0 spiro atoms. The first-order valence-electron chi connectivity index (χ1n) is 14.9. The van der Waals surface area contributed by atoms with Gasteiger partial charge in [-0.1, -0.05) is 36.4 Å². The molecule has 3 saturated heterocycles. The number of amides is 1. The van der Waals surface area contributed by atoms with E-state index in [0.717, 1.165) is 42.7 Å². The van der Waals surface area contributed by atoms with E-state index >= 15 is 0 Å². The van der Waals surface area contributed by atoms with E-state index < -0.39 is 24.3 Å². The fourth-order valence-corrected chi connectivity index (χ4v) is 6.21. The van der Waals surface area contributed by atoms with Gasteiger partial charge in [0.1, 0.15) is 0 Å². The highest BCUT2D eigenvalue weighted by Gasteiger charge is 2.36. The highest BCUT2D eigenvalue weighted by molar-refractivity contribution is 5.95. The van der Waals surface area contributed by atoms with Crippen LogP contribution >= 0.6 is 0 Å². The molecule has 3 aliphatic rings. The highest BCUT2D eigenvalue weighted by Crippen LogP contribution is 2.39. The summed E-state index contributed by atoms with van der Waals surface area (Å²) in [5, 5.41) is 12.3. The van der Waals surface area contributed by atoms with Crippen molar-refractivity contribution in [3.8, 4) is 0 Å². The van der Waals surface area contributed by atoms with Gasteiger partial charge in [-0.2, -0.15) is 0 Å². The molecule has 9 heteroatoms. The molecule has 0 radical (unpaired) electrons. The lowest BCUT2D eigenvalue weighted by Gasteiger charge is -2.39. The molecule has 0 saturated carbocycles. The van der Waals surface area contributed by atoms with Crippen molar-refractivity contribution in [2.45, 2.75) is 83.2 Å². The van der Waals surface area contributed by atoms with Gasteiger partial charge < -0.3 is 29.5 Å². The highest BCUT2D eigenvalue weighted by atomic mass is 16.7. The molecule has 3 aliphatic heterocycles. The zero-order valence-corrected chi connectivity index (χ0v) is 24.2. The number of esters is 1. The third-order valence-corrected chi connectivity index (χ3v) is 8.36. The Balaban J connectivity index is 1.32. The molecule has 3 fully saturated rings. The fourth-order valence-electron chi connectivity index (χ4n) is 6.21. The van der Waals surface area contributed by atoms with Gasteiger partial charge in [0.25, 0.3) is 5.91 Å². The standard InChI is InChI=1S/C32H43N3O6/c1-22(39-23(2)37)31(38)33-27-8-5-7-26(17-27)32-40-29(18-30(41-32)25-12-10-24(21-36)11-13-25)20-35-16-6-9-28(35)19-34-14-3-4-15-34/h5,7-8,10-13,17,22,28-30,32,36H,3-4,6,9,14-16,18-21H2,1-2H3,(H,33,38). The van der Waals surface area contributed by atoms with Crippen LogP contribution in [-0.2, 0) is 30.4 Å². The maximum absolute atomic E-state index is 12.5. The molecule has 9 nitrogen and oxygen atoms in total. The number of anilines is 1. The number of aliphatic hydroxyl groups is 1. The molecule has 2 aromatic rings. The predicted octanol–water partition coefficient (Wildman–Crippen LogP) is 4.17. The van der Waals surface area contributed by atoms with Crippen molar-refractivity contribution in [3.63, 3.8) is 0 Å². The molecule has 41 heavy (non-hydrogen) atoms. The molecule has 0 bridgehead atoms. The minimum Gasteiger partial charge on any atom is -0.453 e. The van der Waals surface area contributed by atoms with E-state index in [1.54, 1.807) is 13.0 Å². The number of carbonyl (C=O) groups is 2. The Labute approximate surface area is 242 Å². The summed E-state index contributed by atoms with van der Waals surface area (Å²) in [4.78, 5) is 29.0. The molecule has 2 aromatic carbocycles. The maximum atomic E-state index is 12.5. The summed E-state index contributed by atoms with van der Waals surface area (Å²) in [6.07, 6.45) is 4.06. The summed E-state index contributed by atoms with van der Waals surface area (Å²) in [5.74, 6) is -0.907. The van der Waals surface area contributed by atoms with Crippen molar-refractivity contribution < 1.29 is 28.9 Å². The zero-order valence-electron chi connectivity index (χ0n) is 24.2. The van der Waals surface area contributed by atoms with Crippen LogP contribution in [-0.4, -0.2) is 77.8 Å². The molecular weight excluding hydrogens is 522 g/mol. The predicted molar refractivity (Wildman–Crippen MR) is 155 cm³/mol. The fraction of sp³-hybridized carbons (Fsp3) is 0.562. The molecular formula is C32H43N3O6. The van der Waals surface area contributed by atoms with Crippen LogP contribution in [0.3, 0.4) is 0 Å². The number of likely N-dealkylation sites (tertiary alicyclic amines) is 2. The lowest BCUT2D eigenvalue weighted by molar-refractivity contribution is -0.253. The average Bonchev–Trinajstić information content (AvgIpc) is 3.65. The van der Waals surface area contributed by atoms with E-state index in [0.29, 0.717) is 11.7 Å². The van der Waals surface area contributed by atoms with Crippen molar-refractivity contribution in [2.75, 3.05) is 38.0 Å². The number of hydrogen-bond acceptors (Lipinski definition) is 8. The van der Waals surface area contributed by atoms with Crippen LogP contribution in [0.25, 0.3) is 0 Å². The topological polar surface area (TPSA) is 101 Å². The third-order valence-electron chi connectivity index (χ3n) is 8.36. The van der Waals surface area contributed by atoms with Crippen LogP contribution in [0.15, 0.2) is 48.5 Å². The molecule has 5 unspecified atom stereocenters. The number of hydrogen-bond donors (Lipinski definition) is 2. The number of carbonyl (C=O) groups excluding carboxylic acids is 2. The van der Waals surface area contributed by atoms with E-state index in [1.165, 1.54) is 45.7 Å². The van der Waals surface area contributed by atoms with Gasteiger partial charge in [0.15, 0.2) is 12.4 Å². The molecule has 0 aliphatic carbocycles. The second-order valence-electron chi connectivity index (χ2n) is 11.5. The minimum absolute atomic E-state index is 0.00210. The first-order chi connectivity index (χ1) is 19.9. The minimum atomic E-state index is -0.900. The number of rotatable bonds is 10. The Morgan fingerprint density at radius 1 is 1.02 bits per heavy atom. The van der Waals surface area contributed by atoms with E-state index in [4.69, 9.17) is 14.2 Å². The Morgan fingerprint density at radius 3 is 2.54 bits per heavy atom. The van der Waals surface area contributed by atoms with Crippen molar-refractivity contribution in [3.05, 3.63) is 65.2 Å². The van der Waals surface area contributed by atoms with Crippen LogP contribution < -0.4 is 5.32 Å². The van der Waals surface area contributed by atoms with Crippen LogP contribution in [0.4, 0.5) is 5.69 Å². The number of benzene rings is 2. The molecule has 2 N–H and O–H groups in total. The van der Waals surface area contributed by atoms with Gasteiger partial charge in [-0.3, -0.25) is 14.5 Å². The number of ether oxygens (including phenoxy) is 3. The van der Waals surface area contributed by atoms with Crippen LogP contribution in [0.2, 0.25) is 0 Å². The normalized spacial score (nSPS) is 26.1. The van der Waals surface area contributed by atoms with E-state index in [2.05, 4.69) is 15.1 Å².